The summed E-state index contributed by atoms with van der Waals surface area (Å²) < 4.78 is 48.7. The number of hydrogen-bond acceptors (Lipinski definition) is 10. The van der Waals surface area contributed by atoms with Crippen LogP contribution >= 0.6 is 0 Å². The van der Waals surface area contributed by atoms with E-state index in [9.17, 15) is 27.6 Å². The maximum atomic E-state index is 13.8. The molecule has 17 heteroatoms. The van der Waals surface area contributed by atoms with Gasteiger partial charge >= 0.3 is 6.18 Å². The van der Waals surface area contributed by atoms with E-state index in [-0.39, 0.29) is 82.8 Å². The number of nitrogens with zero attached hydrogens (tertiary/aromatic N) is 6. The van der Waals surface area contributed by atoms with Gasteiger partial charge in [0.1, 0.15) is 6.54 Å². The summed E-state index contributed by atoms with van der Waals surface area (Å²) in [6, 6.07) is 4.68. The molecule has 1 aliphatic carbocycles. The Morgan fingerprint density at radius 2 is 2.05 bits per heavy atom. The first-order valence-electron chi connectivity index (χ1n) is 13.2. The lowest BCUT2D eigenvalue weighted by atomic mass is 9.88. The number of nitrogens with two attached hydrogens (primary N) is 1. The quantitative estimate of drug-likeness (QED) is 0.193. The van der Waals surface area contributed by atoms with Gasteiger partial charge in [0.15, 0.2) is 22.9 Å². The summed E-state index contributed by atoms with van der Waals surface area (Å²) >= 11 is 0. The SMILES string of the molecule is Cc1c(C(=O)NCC(=O)NC2CC(N)C2)ccc(Nc2nccn3c(-c4cn(CC#N)nc4C(F)(F)F)cnc23)c1OC=O. The fourth-order valence-corrected chi connectivity index (χ4v) is 4.86. The van der Waals surface area contributed by atoms with Gasteiger partial charge in [-0.1, -0.05) is 0 Å². The highest BCUT2D eigenvalue weighted by Crippen LogP contribution is 2.38. The first-order valence-corrected chi connectivity index (χ1v) is 13.2. The van der Waals surface area contributed by atoms with E-state index in [0.717, 1.165) is 10.9 Å². The molecule has 44 heavy (non-hydrogen) atoms. The Balaban J connectivity index is 1.41. The molecule has 0 saturated heterocycles. The Hall–Kier alpha value is -5.50. The fourth-order valence-electron chi connectivity index (χ4n) is 4.86. The molecule has 2 amide bonds. The minimum atomic E-state index is -4.80. The number of hydrogen-bond donors (Lipinski definition) is 4. The number of anilines is 2. The van der Waals surface area contributed by atoms with E-state index in [1.54, 1.807) is 6.07 Å². The predicted molar refractivity (Wildman–Crippen MR) is 147 cm³/mol. The van der Waals surface area contributed by atoms with Crippen LogP contribution in [0.25, 0.3) is 16.9 Å². The van der Waals surface area contributed by atoms with Gasteiger partial charge in [-0.15, -0.1) is 0 Å². The van der Waals surface area contributed by atoms with Gasteiger partial charge < -0.3 is 26.4 Å². The Kier molecular flexibility index (Phi) is 8.18. The van der Waals surface area contributed by atoms with Gasteiger partial charge in [0, 0.05) is 41.8 Å². The van der Waals surface area contributed by atoms with Crippen molar-refractivity contribution in [2.45, 2.75) is 44.6 Å². The van der Waals surface area contributed by atoms with Crippen molar-refractivity contribution in [2.24, 2.45) is 5.73 Å². The van der Waals surface area contributed by atoms with Crippen molar-refractivity contribution in [2.75, 3.05) is 11.9 Å². The van der Waals surface area contributed by atoms with Crippen LogP contribution in [0.15, 0.2) is 36.9 Å². The standard InChI is InChI=1S/C27H25F3N10O4/c1-14-17(26(43)35-11-21(42)36-16-8-15(32)9-16)2-3-19(22(14)44-13-41)37-24-25-34-10-20(40(25)7-5-33-24)18-12-39(6-4-31)38-23(18)27(28,29)30/h2-3,5,7,10,12-13,15-16H,6,8-9,11,32H2,1H3,(H,33,37)(H,35,43)(H,36,42). The number of amides is 2. The van der Waals surface area contributed by atoms with E-state index in [0.29, 0.717) is 12.8 Å². The highest BCUT2D eigenvalue weighted by atomic mass is 19.4. The molecule has 228 valence electrons. The molecule has 5 rings (SSSR count). The Bertz CT molecular complexity index is 1790. The molecule has 1 fully saturated rings. The fraction of sp³-hybridized carbons (Fsp3) is 0.296. The Labute approximate surface area is 247 Å². The van der Waals surface area contributed by atoms with E-state index in [2.05, 4.69) is 31.0 Å². The van der Waals surface area contributed by atoms with Gasteiger partial charge in [-0.25, -0.2) is 9.97 Å². The summed E-state index contributed by atoms with van der Waals surface area (Å²) in [6.07, 6.45) is 1.59. The normalized spacial score (nSPS) is 16.1. The number of carbonyl (C=O) groups is 3. The van der Waals surface area contributed by atoms with Crippen LogP contribution < -0.4 is 26.4 Å². The number of imidazole rings is 1. The summed E-state index contributed by atoms with van der Waals surface area (Å²) in [7, 11) is 0. The lowest BCUT2D eigenvalue weighted by Crippen LogP contribution is -2.52. The molecule has 0 atom stereocenters. The maximum absolute atomic E-state index is 13.8. The van der Waals surface area contributed by atoms with Crippen molar-refractivity contribution in [3.05, 3.63) is 53.7 Å². The molecule has 14 nitrogen and oxygen atoms in total. The monoisotopic (exact) mass is 610 g/mol. The molecule has 1 saturated carbocycles. The predicted octanol–water partition coefficient (Wildman–Crippen LogP) is 2.06. The molecule has 0 spiro atoms. The number of ether oxygens (including phenoxy) is 1. The summed E-state index contributed by atoms with van der Waals surface area (Å²) in [5, 5.41) is 20.7. The number of nitriles is 1. The van der Waals surface area contributed by atoms with Crippen molar-refractivity contribution in [1.29, 1.82) is 5.26 Å². The van der Waals surface area contributed by atoms with E-state index < -0.39 is 17.8 Å². The van der Waals surface area contributed by atoms with Crippen molar-refractivity contribution < 1.29 is 32.3 Å². The molecule has 5 N–H and O–H groups in total. The molecule has 0 radical (unpaired) electrons. The lowest BCUT2D eigenvalue weighted by molar-refractivity contribution is -0.141. The molecular formula is C27H25F3N10O4. The van der Waals surface area contributed by atoms with E-state index in [1.165, 1.54) is 42.0 Å². The molecule has 1 aromatic carbocycles. The van der Waals surface area contributed by atoms with Crippen molar-refractivity contribution in [1.82, 2.24) is 34.8 Å². The topological polar surface area (TPSA) is 194 Å². The van der Waals surface area contributed by atoms with Crippen LogP contribution in [0.1, 0.15) is 34.5 Å². The van der Waals surface area contributed by atoms with Crippen LogP contribution in [0.3, 0.4) is 0 Å². The van der Waals surface area contributed by atoms with Crippen LogP contribution in [0.5, 0.6) is 5.75 Å². The summed E-state index contributed by atoms with van der Waals surface area (Å²) in [5.41, 5.74) is 5.01. The summed E-state index contributed by atoms with van der Waals surface area (Å²) in [4.78, 5) is 44.9. The minimum Gasteiger partial charge on any atom is -0.426 e. The zero-order chi connectivity index (χ0) is 31.6. The van der Waals surface area contributed by atoms with Gasteiger partial charge in [0.2, 0.25) is 5.91 Å². The van der Waals surface area contributed by atoms with Crippen molar-refractivity contribution >= 4 is 35.4 Å². The minimum absolute atomic E-state index is 0.0201. The third kappa shape index (κ3) is 6.01. The number of fused-ring (bicyclic) bond motifs is 1. The first kappa shape index (κ1) is 30.0. The van der Waals surface area contributed by atoms with E-state index in [1.807, 2.05) is 0 Å². The van der Waals surface area contributed by atoms with Crippen LogP contribution in [0, 0.1) is 18.3 Å². The molecule has 0 aliphatic heterocycles. The summed E-state index contributed by atoms with van der Waals surface area (Å²) in [5.74, 6) is -0.876. The van der Waals surface area contributed by atoms with Gasteiger partial charge in [-0.3, -0.25) is 23.5 Å². The van der Waals surface area contributed by atoms with E-state index in [4.69, 9.17) is 15.7 Å². The zero-order valence-electron chi connectivity index (χ0n) is 23.1. The number of nitrogens with one attached hydrogen (secondary N) is 3. The molecule has 3 heterocycles. The van der Waals surface area contributed by atoms with E-state index >= 15 is 0 Å². The second-order valence-electron chi connectivity index (χ2n) is 9.99. The highest BCUT2D eigenvalue weighted by Gasteiger charge is 2.38. The number of alkyl halides is 3. The number of carbonyl (C=O) groups excluding carboxylic acids is 3. The van der Waals surface area contributed by atoms with Gasteiger partial charge in [0.05, 0.1) is 35.8 Å². The average Bonchev–Trinajstić information content (AvgIpc) is 3.58. The van der Waals surface area contributed by atoms with Crippen LogP contribution in [0.2, 0.25) is 0 Å². The average molecular weight is 611 g/mol. The number of halogens is 3. The van der Waals surface area contributed by atoms with Gasteiger partial charge in [-0.05, 0) is 31.9 Å². The smallest absolute Gasteiger partial charge is 0.426 e. The molecule has 0 unspecified atom stereocenters. The largest absolute Gasteiger partial charge is 0.435 e. The maximum Gasteiger partial charge on any atom is 0.435 e. The third-order valence-corrected chi connectivity index (χ3v) is 6.99. The molecule has 0 bridgehead atoms. The van der Waals surface area contributed by atoms with Gasteiger partial charge in [0.25, 0.3) is 12.4 Å². The Morgan fingerprint density at radius 1 is 1.27 bits per heavy atom. The van der Waals surface area contributed by atoms with Crippen LogP contribution in [0.4, 0.5) is 24.7 Å². The van der Waals surface area contributed by atoms with Crippen LogP contribution in [-0.4, -0.2) is 61.1 Å². The molecule has 4 aromatic rings. The molecular weight excluding hydrogens is 585 g/mol. The number of rotatable bonds is 10. The first-order chi connectivity index (χ1) is 21.0. The van der Waals surface area contributed by atoms with Crippen molar-refractivity contribution in [3.63, 3.8) is 0 Å². The second-order valence-corrected chi connectivity index (χ2v) is 9.99. The highest BCUT2D eigenvalue weighted by molar-refractivity contribution is 5.99. The third-order valence-electron chi connectivity index (χ3n) is 6.99. The van der Waals surface area contributed by atoms with Gasteiger partial charge in [-0.2, -0.15) is 23.5 Å². The lowest BCUT2D eigenvalue weighted by Gasteiger charge is -2.32. The second kappa shape index (κ2) is 12.0. The Morgan fingerprint density at radius 3 is 2.73 bits per heavy atom. The molecule has 1 aliphatic rings. The zero-order valence-corrected chi connectivity index (χ0v) is 23.1. The number of aromatic nitrogens is 5. The molecule has 3 aromatic heterocycles. The summed E-state index contributed by atoms with van der Waals surface area (Å²) in [6.45, 7) is 1.05. The number of benzene rings is 1. The van der Waals surface area contributed by atoms with Crippen LogP contribution in [-0.2, 0) is 22.3 Å². The van der Waals surface area contributed by atoms with Crippen molar-refractivity contribution in [3.8, 4) is 23.1 Å².